The lowest BCUT2D eigenvalue weighted by molar-refractivity contribution is -0.235. The van der Waals surface area contributed by atoms with Crippen molar-refractivity contribution in [3.05, 3.63) is 59.7 Å². The van der Waals surface area contributed by atoms with Crippen LogP contribution in [0.5, 0.6) is 11.5 Å². The third-order valence-electron chi connectivity index (χ3n) is 3.01. The Morgan fingerprint density at radius 1 is 1.00 bits per heavy atom. The molecule has 3 rings (SSSR count). The van der Waals surface area contributed by atoms with Gasteiger partial charge in [0.25, 0.3) is 0 Å². The Morgan fingerprint density at radius 2 is 1.47 bits per heavy atom. The van der Waals surface area contributed by atoms with Gasteiger partial charge in [0.1, 0.15) is 17.4 Å². The number of ether oxygens (including phenoxy) is 1. The minimum absolute atomic E-state index is 0. The fraction of sp³-hybridized carbons (Fsp3) is 0.0714. The molecule has 1 N–H and O–H groups in total. The highest BCUT2D eigenvalue weighted by molar-refractivity contribution is 5.84. The Hall–Kier alpha value is -1.80. The molecule has 0 fully saturated rings. The van der Waals surface area contributed by atoms with Crippen LogP contribution in [0.25, 0.3) is 0 Å². The van der Waals surface area contributed by atoms with E-state index in [0.29, 0.717) is 22.6 Å². The number of carbonyl (C=O) groups is 1. The van der Waals surface area contributed by atoms with E-state index in [9.17, 15) is 4.79 Å². The van der Waals surface area contributed by atoms with E-state index in [0.717, 1.165) is 0 Å². The van der Waals surface area contributed by atoms with Crippen LogP contribution in [0.15, 0.2) is 48.5 Å². The molecule has 0 atom stereocenters. The van der Waals surface area contributed by atoms with Gasteiger partial charge >= 0.3 is 5.97 Å². The normalized spacial score (nSPS) is 12.5. The van der Waals surface area contributed by atoms with E-state index in [1.807, 2.05) is 24.3 Å². The largest absolute Gasteiger partial charge is 0.457 e. The van der Waals surface area contributed by atoms with Gasteiger partial charge in [-0.2, -0.15) is 5.26 Å². The van der Waals surface area contributed by atoms with Crippen molar-refractivity contribution in [1.82, 2.24) is 0 Å². The average Bonchev–Trinajstić information content (AvgIpc) is 2.44. The molecule has 0 aliphatic carbocycles. The summed E-state index contributed by atoms with van der Waals surface area (Å²) in [5.74, 6) is -0.160. The molecule has 19 heavy (non-hydrogen) atoms. The third kappa shape index (κ3) is 2.24. The lowest BCUT2D eigenvalue weighted by Gasteiger charge is -2.25. The van der Waals surface area contributed by atoms with Gasteiger partial charge in [0.15, 0.2) is 17.4 Å². The second-order valence-corrected chi connectivity index (χ2v) is 4.02. The van der Waals surface area contributed by atoms with Crippen molar-refractivity contribution in [3.63, 3.8) is 0 Å². The molecular formula is C14H13AlO4. The van der Waals surface area contributed by atoms with E-state index in [1.54, 1.807) is 24.3 Å². The van der Waals surface area contributed by atoms with Gasteiger partial charge in [-0.15, -0.1) is 0 Å². The fourth-order valence-electron chi connectivity index (χ4n) is 2.22. The number of hydrogen-bond donors (Lipinski definition) is 1. The van der Waals surface area contributed by atoms with Gasteiger partial charge in [-0.25, -0.2) is 4.79 Å². The zero-order valence-corrected chi connectivity index (χ0v) is 9.37. The second-order valence-electron chi connectivity index (χ2n) is 4.02. The molecule has 1 heterocycles. The van der Waals surface area contributed by atoms with E-state index in [2.05, 4.69) is 4.89 Å². The maximum absolute atomic E-state index is 11.8. The summed E-state index contributed by atoms with van der Waals surface area (Å²) in [6.45, 7) is 0. The van der Waals surface area contributed by atoms with Crippen molar-refractivity contribution >= 4 is 23.3 Å². The van der Waals surface area contributed by atoms with Gasteiger partial charge in [-0.05, 0) is 12.1 Å². The Morgan fingerprint density at radius 3 is 1.95 bits per heavy atom. The SMILES string of the molecule is O=C(OO)C1c2ccccc2Oc2ccccc21.[AlH3]. The number of carbonyl (C=O) groups excluding carboxylic acids is 1. The summed E-state index contributed by atoms with van der Waals surface area (Å²) in [5, 5.41) is 8.65. The standard InChI is InChI=1S/C14H10O4.Al.3H/c15-14(18-16)13-9-5-1-3-7-11(9)17-12-8-4-2-6-10(12)13;;;;/h1-8,13,16H;;;;. The second kappa shape index (κ2) is 5.45. The third-order valence-corrected chi connectivity index (χ3v) is 3.01. The minimum Gasteiger partial charge on any atom is -0.457 e. The molecule has 0 saturated heterocycles. The van der Waals surface area contributed by atoms with Crippen LogP contribution >= 0.6 is 0 Å². The van der Waals surface area contributed by atoms with E-state index >= 15 is 0 Å². The van der Waals surface area contributed by atoms with Gasteiger partial charge in [0, 0.05) is 11.1 Å². The molecular weight excluding hydrogens is 259 g/mol. The number of rotatable bonds is 1. The number of para-hydroxylation sites is 2. The smallest absolute Gasteiger partial charge is 0.354 e. The molecule has 0 amide bonds. The average molecular weight is 272 g/mol. The maximum atomic E-state index is 11.8. The molecule has 2 aromatic carbocycles. The van der Waals surface area contributed by atoms with Crippen molar-refractivity contribution in [2.45, 2.75) is 5.92 Å². The Kier molecular flexibility index (Phi) is 3.91. The first kappa shape index (κ1) is 13.6. The van der Waals surface area contributed by atoms with Crippen LogP contribution in [0.1, 0.15) is 17.0 Å². The van der Waals surface area contributed by atoms with Crippen molar-refractivity contribution in [2.24, 2.45) is 0 Å². The minimum atomic E-state index is -0.710. The van der Waals surface area contributed by atoms with Crippen LogP contribution in [0.4, 0.5) is 0 Å². The van der Waals surface area contributed by atoms with Crippen LogP contribution in [0.2, 0.25) is 0 Å². The molecule has 2 aromatic rings. The summed E-state index contributed by atoms with van der Waals surface area (Å²) in [6.07, 6.45) is 0. The van der Waals surface area contributed by atoms with E-state index < -0.39 is 11.9 Å². The van der Waals surface area contributed by atoms with Gasteiger partial charge in [-0.3, -0.25) is 4.89 Å². The summed E-state index contributed by atoms with van der Waals surface area (Å²) in [6, 6.07) is 14.4. The Bertz CT molecular complexity index is 566. The highest BCUT2D eigenvalue weighted by Crippen LogP contribution is 2.44. The summed E-state index contributed by atoms with van der Waals surface area (Å²) in [7, 11) is 0. The van der Waals surface area contributed by atoms with E-state index in [-0.39, 0.29) is 17.4 Å². The van der Waals surface area contributed by atoms with Crippen LogP contribution in [0, 0.1) is 0 Å². The lowest BCUT2D eigenvalue weighted by Crippen LogP contribution is -2.20. The zero-order valence-electron chi connectivity index (χ0n) is 9.37. The first-order chi connectivity index (χ1) is 8.81. The highest BCUT2D eigenvalue weighted by Gasteiger charge is 2.33. The van der Waals surface area contributed by atoms with Crippen molar-refractivity contribution < 1.29 is 19.7 Å². The maximum Gasteiger partial charge on any atom is 0.354 e. The number of benzene rings is 2. The predicted octanol–water partition coefficient (Wildman–Crippen LogP) is 1.76. The molecule has 0 saturated carbocycles. The van der Waals surface area contributed by atoms with Crippen LogP contribution < -0.4 is 4.74 Å². The topological polar surface area (TPSA) is 55.8 Å². The highest BCUT2D eigenvalue weighted by atomic mass is 27.0. The van der Waals surface area contributed by atoms with Crippen LogP contribution in [0.3, 0.4) is 0 Å². The molecule has 0 spiro atoms. The van der Waals surface area contributed by atoms with Crippen molar-refractivity contribution in [2.75, 3.05) is 0 Å². The molecule has 0 bridgehead atoms. The van der Waals surface area contributed by atoms with E-state index in [4.69, 9.17) is 9.99 Å². The lowest BCUT2D eigenvalue weighted by atomic mass is 9.88. The molecule has 5 heteroatoms. The van der Waals surface area contributed by atoms with E-state index in [1.165, 1.54) is 0 Å². The number of fused-ring (bicyclic) bond motifs is 2. The summed E-state index contributed by atoms with van der Waals surface area (Å²) >= 11 is 0. The van der Waals surface area contributed by atoms with Gasteiger partial charge in [-0.1, -0.05) is 36.4 Å². The fourth-order valence-corrected chi connectivity index (χ4v) is 2.22. The first-order valence-corrected chi connectivity index (χ1v) is 5.52. The molecule has 4 nitrogen and oxygen atoms in total. The van der Waals surface area contributed by atoms with Gasteiger partial charge in [0.05, 0.1) is 0 Å². The quantitative estimate of drug-likeness (QED) is 0.488. The molecule has 96 valence electrons. The van der Waals surface area contributed by atoms with Crippen LogP contribution in [-0.4, -0.2) is 28.6 Å². The summed E-state index contributed by atoms with van der Waals surface area (Å²) < 4.78 is 5.71. The summed E-state index contributed by atoms with van der Waals surface area (Å²) in [5.41, 5.74) is 1.38. The zero-order chi connectivity index (χ0) is 12.5. The Labute approximate surface area is 120 Å². The molecule has 0 radical (unpaired) electrons. The molecule has 1 aliphatic heterocycles. The molecule has 0 aromatic heterocycles. The molecule has 1 aliphatic rings. The monoisotopic (exact) mass is 272 g/mol. The number of hydrogen-bond acceptors (Lipinski definition) is 4. The molecule has 0 unspecified atom stereocenters. The van der Waals surface area contributed by atoms with Gasteiger partial charge in [0.2, 0.25) is 0 Å². The summed E-state index contributed by atoms with van der Waals surface area (Å²) in [4.78, 5) is 15.7. The predicted molar refractivity (Wildman–Crippen MR) is 73.5 cm³/mol. The van der Waals surface area contributed by atoms with Gasteiger partial charge < -0.3 is 4.74 Å². The van der Waals surface area contributed by atoms with Crippen molar-refractivity contribution in [3.8, 4) is 11.5 Å². The Balaban J connectivity index is 0.00000133. The van der Waals surface area contributed by atoms with Crippen LogP contribution in [-0.2, 0) is 9.68 Å². The first-order valence-electron chi connectivity index (χ1n) is 5.52. The van der Waals surface area contributed by atoms with Crippen molar-refractivity contribution in [1.29, 1.82) is 0 Å².